The maximum atomic E-state index is 13.4. The van der Waals surface area contributed by atoms with E-state index in [0.717, 1.165) is 16.9 Å². The number of nitrogens with one attached hydrogen (secondary N) is 1. The van der Waals surface area contributed by atoms with Crippen LogP contribution < -0.4 is 25.9 Å². The van der Waals surface area contributed by atoms with Gasteiger partial charge in [-0.05, 0) is 48.9 Å². The molecule has 0 aliphatic heterocycles. The maximum absolute atomic E-state index is 13.4. The van der Waals surface area contributed by atoms with Crippen LogP contribution in [0.4, 0.5) is 5.82 Å². The van der Waals surface area contributed by atoms with Gasteiger partial charge in [-0.25, -0.2) is 4.57 Å². The molecule has 4 heterocycles. The highest BCUT2D eigenvalue weighted by atomic mass is 16.5. The number of carbonyl (C=O) groups excluding carboxylic acids is 1. The molecule has 9 nitrogen and oxygen atoms in total. The number of carbonyl (C=O) groups is 1. The van der Waals surface area contributed by atoms with E-state index in [1.807, 2.05) is 37.3 Å². The average molecular weight is 471 g/mol. The quantitative estimate of drug-likeness (QED) is 0.291. The lowest BCUT2D eigenvalue weighted by Crippen LogP contribution is -2.43. The molecule has 0 fully saturated rings. The SMILES string of the molecule is COc1ccc(CNC(=O)c2cc3c(=O)n4cccc(C)c4nc3[n+](Cc3ccco3)c2N)cc1. The van der Waals surface area contributed by atoms with Gasteiger partial charge >= 0.3 is 0 Å². The van der Waals surface area contributed by atoms with Crippen LogP contribution in [0.25, 0.3) is 16.7 Å². The number of amides is 1. The van der Waals surface area contributed by atoms with E-state index in [4.69, 9.17) is 19.9 Å². The van der Waals surface area contributed by atoms with Crippen LogP contribution in [-0.2, 0) is 13.1 Å². The van der Waals surface area contributed by atoms with Gasteiger partial charge < -0.3 is 20.2 Å². The smallest absolute Gasteiger partial charge is 0.278 e. The first kappa shape index (κ1) is 22.1. The molecule has 0 radical (unpaired) electrons. The fourth-order valence-corrected chi connectivity index (χ4v) is 4.03. The summed E-state index contributed by atoms with van der Waals surface area (Å²) in [6.07, 6.45) is 3.22. The van der Waals surface area contributed by atoms with Crippen molar-refractivity contribution in [2.75, 3.05) is 12.8 Å². The van der Waals surface area contributed by atoms with E-state index in [2.05, 4.69) is 5.32 Å². The second-order valence-electron chi connectivity index (χ2n) is 8.18. The van der Waals surface area contributed by atoms with Gasteiger partial charge in [0, 0.05) is 18.3 Å². The van der Waals surface area contributed by atoms with Crippen LogP contribution in [-0.4, -0.2) is 22.4 Å². The van der Waals surface area contributed by atoms with E-state index in [0.29, 0.717) is 17.1 Å². The molecule has 0 spiro atoms. The monoisotopic (exact) mass is 470 g/mol. The van der Waals surface area contributed by atoms with Crippen LogP contribution in [0.5, 0.6) is 5.75 Å². The second kappa shape index (κ2) is 8.94. The molecule has 1 aromatic carbocycles. The van der Waals surface area contributed by atoms with Gasteiger partial charge in [0.05, 0.1) is 13.4 Å². The minimum Gasteiger partial charge on any atom is -0.497 e. The summed E-state index contributed by atoms with van der Waals surface area (Å²) in [7, 11) is 1.60. The topological polar surface area (TPSA) is 116 Å². The molecule has 3 N–H and O–H groups in total. The summed E-state index contributed by atoms with van der Waals surface area (Å²) < 4.78 is 13.8. The number of hydrogen-bond acceptors (Lipinski definition) is 6. The number of methoxy groups -OCH3 is 1. The molecule has 4 aromatic heterocycles. The van der Waals surface area contributed by atoms with E-state index in [9.17, 15) is 9.59 Å². The van der Waals surface area contributed by atoms with Crippen molar-refractivity contribution in [1.82, 2.24) is 14.7 Å². The number of nitrogens with two attached hydrogens (primary N) is 1. The summed E-state index contributed by atoms with van der Waals surface area (Å²) >= 11 is 0. The maximum Gasteiger partial charge on any atom is 0.278 e. The average Bonchev–Trinajstić information content (AvgIpc) is 3.39. The van der Waals surface area contributed by atoms with Crippen molar-refractivity contribution < 1.29 is 18.5 Å². The zero-order valence-corrected chi connectivity index (χ0v) is 19.3. The summed E-state index contributed by atoms with van der Waals surface area (Å²) in [5.74, 6) is 1.13. The minimum atomic E-state index is -0.401. The van der Waals surface area contributed by atoms with Gasteiger partial charge in [0.15, 0.2) is 0 Å². The summed E-state index contributed by atoms with van der Waals surface area (Å²) in [5.41, 5.74) is 9.04. The van der Waals surface area contributed by atoms with Gasteiger partial charge in [0.2, 0.25) is 11.5 Å². The highest BCUT2D eigenvalue weighted by Gasteiger charge is 2.25. The van der Waals surface area contributed by atoms with Crippen LogP contribution in [0.2, 0.25) is 0 Å². The Morgan fingerprint density at radius 3 is 2.71 bits per heavy atom. The number of rotatable bonds is 6. The van der Waals surface area contributed by atoms with E-state index in [1.165, 1.54) is 10.5 Å². The van der Waals surface area contributed by atoms with Crippen molar-refractivity contribution >= 4 is 28.4 Å². The van der Waals surface area contributed by atoms with Gasteiger partial charge in [-0.1, -0.05) is 23.2 Å². The Morgan fingerprint density at radius 1 is 1.20 bits per heavy atom. The molecule has 176 valence electrons. The number of aromatic nitrogens is 3. The van der Waals surface area contributed by atoms with Gasteiger partial charge in [-0.15, -0.1) is 0 Å². The highest BCUT2D eigenvalue weighted by Crippen LogP contribution is 2.17. The van der Waals surface area contributed by atoms with E-state index in [-0.39, 0.29) is 35.4 Å². The molecule has 0 atom stereocenters. The van der Waals surface area contributed by atoms with Crippen LogP contribution >= 0.6 is 0 Å². The van der Waals surface area contributed by atoms with Crippen LogP contribution in [0.15, 0.2) is 76.3 Å². The Hall–Kier alpha value is -4.66. The van der Waals surface area contributed by atoms with Crippen LogP contribution in [0, 0.1) is 6.92 Å². The predicted molar refractivity (Wildman–Crippen MR) is 130 cm³/mol. The molecule has 0 bridgehead atoms. The predicted octanol–water partition coefficient (Wildman–Crippen LogP) is 2.61. The molecular formula is C26H24N5O4+. The molecule has 5 rings (SSSR count). The Morgan fingerprint density at radius 2 is 2.00 bits per heavy atom. The van der Waals surface area contributed by atoms with Gasteiger partial charge in [0.25, 0.3) is 17.1 Å². The molecule has 9 heteroatoms. The van der Waals surface area contributed by atoms with Crippen molar-refractivity contribution in [1.29, 1.82) is 0 Å². The number of fused-ring (bicyclic) bond motifs is 2. The van der Waals surface area contributed by atoms with Gasteiger partial charge in [0.1, 0.15) is 29.0 Å². The Kier molecular flexibility index (Phi) is 5.66. The third-order valence-electron chi connectivity index (χ3n) is 5.93. The Labute approximate surface area is 200 Å². The Balaban J connectivity index is 1.62. The number of furan rings is 1. The van der Waals surface area contributed by atoms with Crippen molar-refractivity contribution in [2.24, 2.45) is 0 Å². The van der Waals surface area contributed by atoms with Crippen molar-refractivity contribution in [3.05, 3.63) is 99.9 Å². The molecule has 0 aliphatic carbocycles. The number of nitrogen functional groups attached to an aromatic ring is 1. The summed E-state index contributed by atoms with van der Waals surface area (Å²) in [5, 5.41) is 3.17. The fraction of sp³-hybridized carbons (Fsp3) is 0.154. The molecular weight excluding hydrogens is 446 g/mol. The normalized spacial score (nSPS) is 11.1. The van der Waals surface area contributed by atoms with Crippen molar-refractivity contribution in [3.63, 3.8) is 0 Å². The van der Waals surface area contributed by atoms with Crippen molar-refractivity contribution in [3.8, 4) is 5.75 Å². The summed E-state index contributed by atoms with van der Waals surface area (Å²) in [6.45, 7) is 2.38. The number of pyridine rings is 2. The third-order valence-corrected chi connectivity index (χ3v) is 5.93. The molecule has 0 aliphatic rings. The van der Waals surface area contributed by atoms with E-state index < -0.39 is 5.91 Å². The summed E-state index contributed by atoms with van der Waals surface area (Å²) in [4.78, 5) is 31.4. The number of benzene rings is 1. The third kappa shape index (κ3) is 4.08. The first-order chi connectivity index (χ1) is 17.0. The molecule has 0 saturated carbocycles. The second-order valence-corrected chi connectivity index (χ2v) is 8.18. The van der Waals surface area contributed by atoms with Crippen LogP contribution in [0.1, 0.15) is 27.2 Å². The molecule has 35 heavy (non-hydrogen) atoms. The van der Waals surface area contributed by atoms with Crippen LogP contribution in [0.3, 0.4) is 0 Å². The van der Waals surface area contributed by atoms with Gasteiger partial charge in [-0.3, -0.25) is 14.0 Å². The van der Waals surface area contributed by atoms with Crippen molar-refractivity contribution in [2.45, 2.75) is 20.0 Å². The number of nitrogens with zero attached hydrogens (tertiary/aromatic N) is 3. The van der Waals surface area contributed by atoms with E-state index in [1.54, 1.807) is 42.3 Å². The fourth-order valence-electron chi connectivity index (χ4n) is 4.03. The lowest BCUT2D eigenvalue weighted by Gasteiger charge is -2.12. The standard InChI is InChI=1S/C26H23N5O4/c1-16-5-3-11-30-23(16)29-24-21(26(30)33)13-20(22(27)31(24)15-19-6-4-12-35-19)25(32)28-14-17-7-9-18(34-2)10-8-17/h3-13,27H,14-15H2,1-2H3,(H,28,32)/p+1. The lowest BCUT2D eigenvalue weighted by molar-refractivity contribution is -0.651. The molecule has 1 amide bonds. The number of anilines is 1. The molecule has 5 aromatic rings. The first-order valence-corrected chi connectivity index (χ1v) is 11.0. The zero-order chi connectivity index (χ0) is 24.5. The Bertz CT molecular complexity index is 1610. The number of ether oxygens (including phenoxy) is 1. The number of hydrogen-bond donors (Lipinski definition) is 2. The molecule has 0 unspecified atom stereocenters. The zero-order valence-electron chi connectivity index (χ0n) is 19.3. The lowest BCUT2D eigenvalue weighted by atomic mass is 10.1. The largest absolute Gasteiger partial charge is 0.497 e. The van der Waals surface area contributed by atoms with E-state index >= 15 is 0 Å². The van der Waals surface area contributed by atoms with Gasteiger partial charge in [-0.2, -0.15) is 0 Å². The highest BCUT2D eigenvalue weighted by molar-refractivity contribution is 6.00. The summed E-state index contributed by atoms with van der Waals surface area (Å²) in [6, 6.07) is 16.1. The first-order valence-electron chi connectivity index (χ1n) is 11.0. The minimum absolute atomic E-state index is 0.184. The number of aryl methyl sites for hydroxylation is 1. The molecule has 0 saturated heterocycles.